The van der Waals surface area contributed by atoms with Gasteiger partial charge < -0.3 is 9.15 Å². The maximum absolute atomic E-state index is 12.1. The lowest BCUT2D eigenvalue weighted by molar-refractivity contribution is -0.352. The van der Waals surface area contributed by atoms with Crippen molar-refractivity contribution in [3.63, 3.8) is 0 Å². The van der Waals surface area contributed by atoms with Crippen LogP contribution in [0.25, 0.3) is 0 Å². The summed E-state index contributed by atoms with van der Waals surface area (Å²) in [5.74, 6) is 0.528. The summed E-state index contributed by atoms with van der Waals surface area (Å²) in [7, 11) is 1.38. The van der Waals surface area contributed by atoms with Gasteiger partial charge in [-0.25, -0.2) is 0 Å². The molecule has 0 atom stereocenters. The minimum absolute atomic E-state index is 0.0828. The monoisotopic (exact) mass is 348 g/mol. The molecule has 2 fully saturated rings. The molecule has 0 unspecified atom stereocenters. The summed E-state index contributed by atoms with van der Waals surface area (Å²) in [5.41, 5.74) is 0. The fourth-order valence-electron chi connectivity index (χ4n) is 3.37. The SMILES string of the molecule is COC(=O)C1CCC(c2nnc(C3CC(OC(F)(F)F)C3)o2)CC1. The van der Waals surface area contributed by atoms with Crippen LogP contribution in [0.15, 0.2) is 4.42 Å². The van der Waals surface area contributed by atoms with E-state index in [1.165, 1.54) is 7.11 Å². The number of ether oxygens (including phenoxy) is 2. The second-order valence-corrected chi connectivity index (χ2v) is 6.40. The fraction of sp³-hybridized carbons (Fsp3) is 0.800. The molecule has 1 aromatic rings. The zero-order valence-electron chi connectivity index (χ0n) is 13.2. The Balaban J connectivity index is 1.50. The first-order valence-corrected chi connectivity index (χ1v) is 8.01. The number of alkyl halides is 3. The van der Waals surface area contributed by atoms with Crippen LogP contribution in [-0.2, 0) is 14.3 Å². The highest BCUT2D eigenvalue weighted by Crippen LogP contribution is 2.42. The molecule has 1 heterocycles. The highest BCUT2D eigenvalue weighted by Gasteiger charge is 2.42. The maximum Gasteiger partial charge on any atom is 0.522 e. The van der Waals surface area contributed by atoms with Crippen molar-refractivity contribution in [2.75, 3.05) is 7.11 Å². The van der Waals surface area contributed by atoms with Crippen LogP contribution >= 0.6 is 0 Å². The van der Waals surface area contributed by atoms with E-state index in [-0.39, 0.29) is 36.6 Å². The summed E-state index contributed by atoms with van der Waals surface area (Å²) < 4.78 is 50.7. The molecule has 0 aromatic carbocycles. The largest absolute Gasteiger partial charge is 0.522 e. The van der Waals surface area contributed by atoms with Gasteiger partial charge >= 0.3 is 12.3 Å². The topological polar surface area (TPSA) is 74.5 Å². The van der Waals surface area contributed by atoms with Crippen LogP contribution in [0.5, 0.6) is 0 Å². The van der Waals surface area contributed by atoms with Gasteiger partial charge in [-0.05, 0) is 38.5 Å². The van der Waals surface area contributed by atoms with Crippen molar-refractivity contribution in [1.82, 2.24) is 10.2 Å². The van der Waals surface area contributed by atoms with Crippen LogP contribution in [0.2, 0.25) is 0 Å². The molecule has 0 amide bonds. The highest BCUT2D eigenvalue weighted by atomic mass is 19.4. The van der Waals surface area contributed by atoms with Crippen LogP contribution in [0.4, 0.5) is 13.2 Å². The minimum Gasteiger partial charge on any atom is -0.469 e. The molecule has 2 aliphatic rings. The zero-order valence-corrected chi connectivity index (χ0v) is 13.2. The molecule has 0 bridgehead atoms. The molecule has 3 rings (SSSR count). The summed E-state index contributed by atoms with van der Waals surface area (Å²) >= 11 is 0. The molecular formula is C15H19F3N2O4. The summed E-state index contributed by atoms with van der Waals surface area (Å²) in [6, 6.07) is 0. The van der Waals surface area contributed by atoms with Gasteiger partial charge in [-0.2, -0.15) is 0 Å². The van der Waals surface area contributed by atoms with Crippen molar-refractivity contribution in [3.8, 4) is 0 Å². The lowest BCUT2D eigenvalue weighted by Gasteiger charge is -2.32. The van der Waals surface area contributed by atoms with Crippen molar-refractivity contribution >= 4 is 5.97 Å². The Bertz CT molecular complexity index is 576. The van der Waals surface area contributed by atoms with Crippen LogP contribution in [-0.4, -0.2) is 35.7 Å². The third-order valence-corrected chi connectivity index (χ3v) is 4.81. The van der Waals surface area contributed by atoms with E-state index in [2.05, 4.69) is 14.9 Å². The summed E-state index contributed by atoms with van der Waals surface area (Å²) in [6.45, 7) is 0. The van der Waals surface area contributed by atoms with Gasteiger partial charge in [0.2, 0.25) is 11.8 Å². The van der Waals surface area contributed by atoms with E-state index in [9.17, 15) is 18.0 Å². The molecule has 0 N–H and O–H groups in total. The second-order valence-electron chi connectivity index (χ2n) is 6.40. The second kappa shape index (κ2) is 6.70. The molecule has 0 radical (unpaired) electrons. The average molecular weight is 348 g/mol. The molecule has 1 aromatic heterocycles. The Morgan fingerprint density at radius 1 is 1.08 bits per heavy atom. The van der Waals surface area contributed by atoms with Gasteiger partial charge in [0.15, 0.2) is 0 Å². The van der Waals surface area contributed by atoms with Gasteiger partial charge in [0.1, 0.15) is 0 Å². The molecule has 6 nitrogen and oxygen atoms in total. The number of halogens is 3. The molecule has 2 aliphatic carbocycles. The number of rotatable bonds is 4. The minimum atomic E-state index is -4.60. The van der Waals surface area contributed by atoms with Gasteiger partial charge in [0.05, 0.1) is 19.1 Å². The van der Waals surface area contributed by atoms with Crippen LogP contribution in [0.3, 0.4) is 0 Å². The lowest BCUT2D eigenvalue weighted by Crippen LogP contribution is -2.34. The molecule has 134 valence electrons. The molecular weight excluding hydrogens is 329 g/mol. The Kier molecular flexibility index (Phi) is 4.80. The van der Waals surface area contributed by atoms with Gasteiger partial charge in [0, 0.05) is 11.8 Å². The number of aromatic nitrogens is 2. The maximum atomic E-state index is 12.1. The third kappa shape index (κ3) is 3.88. The van der Waals surface area contributed by atoms with Gasteiger partial charge in [-0.15, -0.1) is 23.4 Å². The molecule has 0 spiro atoms. The van der Waals surface area contributed by atoms with E-state index in [1.807, 2.05) is 0 Å². The molecule has 0 aliphatic heterocycles. The van der Waals surface area contributed by atoms with E-state index >= 15 is 0 Å². The van der Waals surface area contributed by atoms with E-state index in [0.29, 0.717) is 24.6 Å². The molecule has 24 heavy (non-hydrogen) atoms. The predicted molar refractivity (Wildman–Crippen MR) is 73.9 cm³/mol. The highest BCUT2D eigenvalue weighted by molar-refractivity contribution is 5.72. The van der Waals surface area contributed by atoms with Crippen molar-refractivity contribution in [2.45, 2.75) is 62.8 Å². The summed E-state index contributed by atoms with van der Waals surface area (Å²) in [6.07, 6.45) is -2.04. The van der Waals surface area contributed by atoms with E-state index in [0.717, 1.165) is 12.8 Å². The number of esters is 1. The van der Waals surface area contributed by atoms with Crippen molar-refractivity contribution < 1.29 is 31.9 Å². The van der Waals surface area contributed by atoms with E-state index in [4.69, 9.17) is 9.15 Å². The quantitative estimate of drug-likeness (QED) is 0.777. The summed E-state index contributed by atoms with van der Waals surface area (Å²) in [4.78, 5) is 11.5. The molecule has 0 saturated heterocycles. The molecule has 2 saturated carbocycles. The van der Waals surface area contributed by atoms with Crippen LogP contribution in [0.1, 0.15) is 62.1 Å². The lowest BCUT2D eigenvalue weighted by atomic mass is 9.81. The summed E-state index contributed by atoms with van der Waals surface area (Å²) in [5, 5.41) is 8.01. The number of hydrogen-bond acceptors (Lipinski definition) is 6. The number of nitrogens with zero attached hydrogens (tertiary/aromatic N) is 2. The van der Waals surface area contributed by atoms with Gasteiger partial charge in [0.25, 0.3) is 0 Å². The predicted octanol–water partition coefficient (Wildman–Crippen LogP) is 3.30. The fourth-order valence-corrected chi connectivity index (χ4v) is 3.37. The Morgan fingerprint density at radius 2 is 1.67 bits per heavy atom. The first-order chi connectivity index (χ1) is 11.4. The Hall–Kier alpha value is -1.64. The van der Waals surface area contributed by atoms with E-state index in [1.54, 1.807) is 0 Å². The number of methoxy groups -OCH3 is 1. The normalized spacial score (nSPS) is 30.7. The van der Waals surface area contributed by atoms with Gasteiger partial charge in [-0.1, -0.05) is 0 Å². The number of carbonyl (C=O) groups is 1. The first kappa shape index (κ1) is 17.2. The zero-order chi connectivity index (χ0) is 17.3. The third-order valence-electron chi connectivity index (χ3n) is 4.81. The standard InChI is InChI=1S/C15H19F3N2O4/c1-22-14(21)9-4-2-8(3-5-9)12-19-20-13(23-12)10-6-11(7-10)24-15(16,17)18/h8-11H,2-7H2,1H3. The Morgan fingerprint density at radius 3 is 2.21 bits per heavy atom. The van der Waals surface area contributed by atoms with Crippen LogP contribution < -0.4 is 0 Å². The van der Waals surface area contributed by atoms with E-state index < -0.39 is 12.5 Å². The number of carbonyl (C=O) groups excluding carboxylic acids is 1. The number of hydrogen-bond donors (Lipinski definition) is 0. The van der Waals surface area contributed by atoms with Crippen LogP contribution in [0, 0.1) is 5.92 Å². The first-order valence-electron chi connectivity index (χ1n) is 8.01. The Labute approximate surface area is 136 Å². The van der Waals surface area contributed by atoms with Gasteiger partial charge in [-0.3, -0.25) is 9.53 Å². The molecule has 9 heteroatoms. The smallest absolute Gasteiger partial charge is 0.469 e. The van der Waals surface area contributed by atoms with Crippen molar-refractivity contribution in [3.05, 3.63) is 11.8 Å². The van der Waals surface area contributed by atoms with Crippen molar-refractivity contribution in [1.29, 1.82) is 0 Å². The van der Waals surface area contributed by atoms with Crippen molar-refractivity contribution in [2.24, 2.45) is 5.92 Å². The average Bonchev–Trinajstić information content (AvgIpc) is 2.98.